The van der Waals surface area contributed by atoms with Crippen molar-refractivity contribution in [3.63, 3.8) is 0 Å². The first-order valence-corrected chi connectivity index (χ1v) is 19.5. The molecule has 1 heterocycles. The van der Waals surface area contributed by atoms with Crippen molar-refractivity contribution < 1.29 is 47.6 Å². The van der Waals surface area contributed by atoms with E-state index in [4.69, 9.17) is 28.4 Å². The summed E-state index contributed by atoms with van der Waals surface area (Å²) in [5.74, 6) is 2.28. The standard InChI is InChI=1S/C40H64O10/c1-22(2)11-10-12-23(3)30-15-16-31-29-14-13-27-21-28(17-19-39(27,7)32(29)18-20-40(30,31)8)49-38-36(48-26(6)43)34(47-25(5)42)33(46-24(4)41)35(50-38)37(44)45-9/h22-23,27-36,38H,10-21H2,1-9H3/t23?,27-,28-,29-,30?,31-,32-,33-,34-,35+,36+,38-,39-,40+/m0/s1. The van der Waals surface area contributed by atoms with E-state index in [1.165, 1.54) is 79.2 Å². The molecule has 1 saturated heterocycles. The van der Waals surface area contributed by atoms with Crippen molar-refractivity contribution in [2.24, 2.45) is 52.3 Å². The SMILES string of the molecule is COC(=O)[C@@H]1O[C@H](O[C@H]2CC[C@@]3(C)[C@@H](CC[C@@H]4[C@@H]3CC[C@]3(C)C(C(C)CCCC(C)C)CC[C@@H]43)C2)[C@H](OC(C)=O)[C@@H](OC(C)=O)[C@@H]1OC(C)=O. The van der Waals surface area contributed by atoms with Crippen LogP contribution in [0.1, 0.15) is 132 Å². The van der Waals surface area contributed by atoms with Crippen LogP contribution in [-0.4, -0.2) is 67.8 Å². The molecule has 4 saturated carbocycles. The van der Waals surface area contributed by atoms with Crippen molar-refractivity contribution in [3.8, 4) is 0 Å². The maximum absolute atomic E-state index is 12.9. The van der Waals surface area contributed by atoms with Crippen molar-refractivity contribution in [3.05, 3.63) is 0 Å². The fourth-order valence-electron chi connectivity index (χ4n) is 11.7. The lowest BCUT2D eigenvalue weighted by Gasteiger charge is -2.61. The van der Waals surface area contributed by atoms with E-state index in [-0.39, 0.29) is 11.5 Å². The highest BCUT2D eigenvalue weighted by Gasteiger charge is 2.61. The lowest BCUT2D eigenvalue weighted by atomic mass is 9.44. The Kier molecular flexibility index (Phi) is 12.3. The molecular formula is C40H64O10. The van der Waals surface area contributed by atoms with E-state index >= 15 is 0 Å². The molecule has 0 aromatic rings. The quantitative estimate of drug-likeness (QED) is 0.124. The molecule has 14 atom stereocenters. The second-order valence-electron chi connectivity index (χ2n) is 17.4. The summed E-state index contributed by atoms with van der Waals surface area (Å²) >= 11 is 0. The smallest absolute Gasteiger partial charge is 0.339 e. The summed E-state index contributed by atoms with van der Waals surface area (Å²) < 4.78 is 34.3. The van der Waals surface area contributed by atoms with Crippen LogP contribution in [0.15, 0.2) is 0 Å². The van der Waals surface area contributed by atoms with E-state index in [9.17, 15) is 19.2 Å². The number of hydrogen-bond acceptors (Lipinski definition) is 10. The van der Waals surface area contributed by atoms with Gasteiger partial charge in [0.05, 0.1) is 13.2 Å². The molecule has 0 radical (unpaired) electrons. The first-order chi connectivity index (χ1) is 23.6. The van der Waals surface area contributed by atoms with Gasteiger partial charge in [-0.3, -0.25) is 14.4 Å². The molecule has 5 rings (SSSR count). The van der Waals surface area contributed by atoms with Crippen LogP contribution in [0.4, 0.5) is 0 Å². The van der Waals surface area contributed by atoms with Gasteiger partial charge in [0, 0.05) is 20.8 Å². The van der Waals surface area contributed by atoms with Crippen LogP contribution in [0.3, 0.4) is 0 Å². The highest BCUT2D eigenvalue weighted by atomic mass is 16.7. The summed E-state index contributed by atoms with van der Waals surface area (Å²) in [4.78, 5) is 49.5. The fraction of sp³-hybridized carbons (Fsp3) is 0.900. The number of rotatable bonds is 11. The molecule has 0 aromatic carbocycles. The molecule has 2 unspecified atom stereocenters. The summed E-state index contributed by atoms with van der Waals surface area (Å²) in [6, 6.07) is 0. The Hall–Kier alpha value is -2.20. The lowest BCUT2D eigenvalue weighted by Crippen LogP contribution is -2.64. The summed E-state index contributed by atoms with van der Waals surface area (Å²) in [5, 5.41) is 0. The van der Waals surface area contributed by atoms with E-state index in [0.29, 0.717) is 17.3 Å². The van der Waals surface area contributed by atoms with E-state index in [1.54, 1.807) is 0 Å². The highest BCUT2D eigenvalue weighted by Crippen LogP contribution is 2.68. The van der Waals surface area contributed by atoms with Crippen molar-refractivity contribution in [2.75, 3.05) is 7.11 Å². The minimum atomic E-state index is -1.45. The van der Waals surface area contributed by atoms with E-state index in [1.807, 2.05) is 0 Å². The van der Waals surface area contributed by atoms with E-state index < -0.39 is 54.6 Å². The zero-order valence-electron chi connectivity index (χ0n) is 32.1. The molecule has 0 bridgehead atoms. The fourth-order valence-corrected chi connectivity index (χ4v) is 11.7. The van der Waals surface area contributed by atoms with Gasteiger partial charge in [-0.1, -0.05) is 53.9 Å². The minimum absolute atomic E-state index is 0.217. The highest BCUT2D eigenvalue weighted by molar-refractivity contribution is 5.77. The van der Waals surface area contributed by atoms with Crippen LogP contribution in [0.5, 0.6) is 0 Å². The second-order valence-corrected chi connectivity index (χ2v) is 17.4. The van der Waals surface area contributed by atoms with Gasteiger partial charge in [-0.05, 0) is 110 Å². The Balaban J connectivity index is 1.29. The molecule has 0 amide bonds. The van der Waals surface area contributed by atoms with Crippen LogP contribution < -0.4 is 0 Å². The Morgan fingerprint density at radius 2 is 1.36 bits per heavy atom. The molecule has 0 aromatic heterocycles. The average Bonchev–Trinajstić information content (AvgIpc) is 3.40. The Morgan fingerprint density at radius 1 is 0.740 bits per heavy atom. The Morgan fingerprint density at radius 3 is 2.00 bits per heavy atom. The number of fused-ring (bicyclic) bond motifs is 5. The summed E-state index contributed by atoms with van der Waals surface area (Å²) in [6.07, 6.45) is 7.60. The summed E-state index contributed by atoms with van der Waals surface area (Å²) in [6.45, 7) is 16.0. The minimum Gasteiger partial charge on any atom is -0.467 e. The number of esters is 4. The van der Waals surface area contributed by atoms with Gasteiger partial charge in [-0.25, -0.2) is 4.79 Å². The third kappa shape index (κ3) is 7.91. The van der Waals surface area contributed by atoms with Gasteiger partial charge in [-0.2, -0.15) is 0 Å². The molecule has 10 heteroatoms. The number of carbonyl (C=O) groups excluding carboxylic acids is 4. The van der Waals surface area contributed by atoms with Crippen molar-refractivity contribution >= 4 is 23.9 Å². The third-order valence-electron chi connectivity index (χ3n) is 14.0. The predicted octanol–water partition coefficient (Wildman–Crippen LogP) is 7.19. The molecule has 0 spiro atoms. The lowest BCUT2D eigenvalue weighted by molar-refractivity contribution is -0.315. The van der Waals surface area contributed by atoms with Crippen LogP contribution in [0.25, 0.3) is 0 Å². The van der Waals surface area contributed by atoms with Crippen LogP contribution in [0, 0.1) is 52.3 Å². The molecule has 284 valence electrons. The summed E-state index contributed by atoms with van der Waals surface area (Å²) in [5.41, 5.74) is 0.674. The van der Waals surface area contributed by atoms with Gasteiger partial charge in [0.1, 0.15) is 0 Å². The monoisotopic (exact) mass is 704 g/mol. The van der Waals surface area contributed by atoms with Crippen molar-refractivity contribution in [1.82, 2.24) is 0 Å². The van der Waals surface area contributed by atoms with E-state index in [0.717, 1.165) is 55.3 Å². The molecule has 50 heavy (non-hydrogen) atoms. The molecule has 5 fully saturated rings. The molecule has 5 aliphatic rings. The maximum atomic E-state index is 12.9. The zero-order valence-corrected chi connectivity index (χ0v) is 32.1. The number of hydrogen-bond donors (Lipinski definition) is 0. The number of carbonyl (C=O) groups is 4. The Labute approximate surface area is 299 Å². The Bertz CT molecular complexity index is 1230. The van der Waals surface area contributed by atoms with Gasteiger partial charge in [-0.15, -0.1) is 0 Å². The second kappa shape index (κ2) is 15.8. The van der Waals surface area contributed by atoms with Crippen LogP contribution in [0.2, 0.25) is 0 Å². The largest absolute Gasteiger partial charge is 0.467 e. The van der Waals surface area contributed by atoms with Crippen molar-refractivity contribution in [2.45, 2.75) is 169 Å². The zero-order chi connectivity index (χ0) is 36.5. The predicted molar refractivity (Wildman–Crippen MR) is 185 cm³/mol. The van der Waals surface area contributed by atoms with Crippen molar-refractivity contribution in [1.29, 1.82) is 0 Å². The first-order valence-electron chi connectivity index (χ1n) is 19.5. The third-order valence-corrected chi connectivity index (χ3v) is 14.0. The van der Waals surface area contributed by atoms with Gasteiger partial charge in [0.15, 0.2) is 30.7 Å². The molecular weight excluding hydrogens is 640 g/mol. The van der Waals surface area contributed by atoms with Crippen LogP contribution in [-0.2, 0) is 47.6 Å². The van der Waals surface area contributed by atoms with Crippen LogP contribution >= 0.6 is 0 Å². The average molecular weight is 705 g/mol. The maximum Gasteiger partial charge on any atom is 0.339 e. The molecule has 1 aliphatic heterocycles. The normalized spacial score (nSPS) is 41.6. The van der Waals surface area contributed by atoms with Gasteiger partial charge in [0.2, 0.25) is 0 Å². The summed E-state index contributed by atoms with van der Waals surface area (Å²) in [7, 11) is 1.19. The number of ether oxygens (including phenoxy) is 6. The molecule has 0 N–H and O–H groups in total. The number of methoxy groups -OCH3 is 1. The molecule has 10 nitrogen and oxygen atoms in total. The van der Waals surface area contributed by atoms with Gasteiger partial charge >= 0.3 is 23.9 Å². The first kappa shape index (κ1) is 39.0. The topological polar surface area (TPSA) is 124 Å². The van der Waals surface area contributed by atoms with Gasteiger partial charge in [0.25, 0.3) is 0 Å². The van der Waals surface area contributed by atoms with E-state index in [2.05, 4.69) is 34.6 Å². The van der Waals surface area contributed by atoms with Gasteiger partial charge < -0.3 is 28.4 Å². The molecule has 4 aliphatic carbocycles.